The first-order chi connectivity index (χ1) is 9.38. The lowest BCUT2D eigenvalue weighted by Gasteiger charge is -2.11. The zero-order valence-electron chi connectivity index (χ0n) is 9.88. The van der Waals surface area contributed by atoms with Gasteiger partial charge in [-0.2, -0.15) is 0 Å². The molecule has 0 spiro atoms. The second-order valence-corrected chi connectivity index (χ2v) is 5.69. The summed E-state index contributed by atoms with van der Waals surface area (Å²) < 4.78 is 27.8. The van der Waals surface area contributed by atoms with E-state index in [9.17, 15) is 8.78 Å². The number of nitrogens with one attached hydrogen (secondary N) is 1. The molecule has 0 aliphatic heterocycles. The molecule has 3 N–H and O–H groups in total. The molecule has 2 aromatic rings. The molecular weight excluding hydrogens is 370 g/mol. The molecule has 0 aromatic heterocycles. The average molecular weight is 378 g/mol. The van der Waals surface area contributed by atoms with Crippen molar-refractivity contribution in [2.24, 2.45) is 5.73 Å². The molecule has 0 fully saturated rings. The lowest BCUT2D eigenvalue weighted by molar-refractivity contribution is 0.589. The number of hydrogen-bond acceptors (Lipinski definition) is 2. The fourth-order valence-electron chi connectivity index (χ4n) is 1.57. The molecule has 104 valence electrons. The molecular formula is C13H8BrClF2N2S. The van der Waals surface area contributed by atoms with Crippen LogP contribution in [-0.2, 0) is 0 Å². The van der Waals surface area contributed by atoms with Gasteiger partial charge in [0.2, 0.25) is 0 Å². The molecule has 0 aliphatic carbocycles. The van der Waals surface area contributed by atoms with E-state index >= 15 is 0 Å². The summed E-state index contributed by atoms with van der Waals surface area (Å²) in [5, 5.41) is 2.88. The second-order valence-electron chi connectivity index (χ2n) is 3.93. The van der Waals surface area contributed by atoms with Crippen LogP contribution in [-0.4, -0.2) is 4.99 Å². The van der Waals surface area contributed by atoms with Crippen molar-refractivity contribution >= 4 is 56.1 Å². The van der Waals surface area contributed by atoms with Crippen LogP contribution < -0.4 is 11.1 Å². The monoisotopic (exact) mass is 376 g/mol. The molecule has 0 atom stereocenters. The second kappa shape index (κ2) is 6.03. The topological polar surface area (TPSA) is 38.0 Å². The van der Waals surface area contributed by atoms with E-state index in [2.05, 4.69) is 21.2 Å². The Morgan fingerprint density at radius 1 is 1.20 bits per heavy atom. The van der Waals surface area contributed by atoms with Gasteiger partial charge < -0.3 is 11.1 Å². The van der Waals surface area contributed by atoms with Gasteiger partial charge >= 0.3 is 0 Å². The van der Waals surface area contributed by atoms with E-state index in [1.165, 1.54) is 6.07 Å². The summed E-state index contributed by atoms with van der Waals surface area (Å²) in [6.45, 7) is 0. The maximum atomic E-state index is 13.7. The van der Waals surface area contributed by atoms with Crippen LogP contribution >= 0.6 is 39.7 Å². The van der Waals surface area contributed by atoms with Crippen molar-refractivity contribution in [3.8, 4) is 0 Å². The molecule has 0 saturated heterocycles. The van der Waals surface area contributed by atoms with E-state index in [1.54, 1.807) is 12.1 Å². The van der Waals surface area contributed by atoms with E-state index in [4.69, 9.17) is 29.6 Å². The van der Waals surface area contributed by atoms with Gasteiger partial charge in [-0.1, -0.05) is 39.7 Å². The van der Waals surface area contributed by atoms with Crippen molar-refractivity contribution in [2.45, 2.75) is 0 Å². The van der Waals surface area contributed by atoms with Gasteiger partial charge in [0.15, 0.2) is 11.6 Å². The Bertz CT molecular complexity index is 671. The summed E-state index contributed by atoms with van der Waals surface area (Å²) in [6, 6.07) is 7.01. The van der Waals surface area contributed by atoms with Gasteiger partial charge in [0, 0.05) is 10.0 Å². The van der Waals surface area contributed by atoms with Crippen molar-refractivity contribution < 1.29 is 8.78 Å². The minimum atomic E-state index is -0.730. The summed E-state index contributed by atoms with van der Waals surface area (Å²) in [5.41, 5.74) is 6.13. The van der Waals surface area contributed by atoms with E-state index in [1.807, 2.05) is 0 Å². The number of rotatable bonds is 3. The van der Waals surface area contributed by atoms with Gasteiger partial charge in [0.05, 0.1) is 10.7 Å². The van der Waals surface area contributed by atoms with Gasteiger partial charge in [0.25, 0.3) is 0 Å². The molecule has 0 amide bonds. The number of nitrogens with two attached hydrogens (primary N) is 1. The predicted molar refractivity (Wildman–Crippen MR) is 84.7 cm³/mol. The molecule has 0 radical (unpaired) electrons. The smallest absolute Gasteiger partial charge is 0.150 e. The first-order valence-corrected chi connectivity index (χ1v) is 6.97. The number of benzene rings is 2. The van der Waals surface area contributed by atoms with Crippen LogP contribution in [0.5, 0.6) is 0 Å². The molecule has 20 heavy (non-hydrogen) atoms. The highest BCUT2D eigenvalue weighted by atomic mass is 79.9. The molecule has 0 unspecified atom stereocenters. The Kier molecular flexibility index (Phi) is 4.57. The van der Waals surface area contributed by atoms with Crippen molar-refractivity contribution in [2.75, 3.05) is 5.32 Å². The molecule has 2 nitrogen and oxygen atoms in total. The normalized spacial score (nSPS) is 10.4. The third-order valence-electron chi connectivity index (χ3n) is 2.52. The van der Waals surface area contributed by atoms with Crippen LogP contribution in [0.2, 0.25) is 5.02 Å². The largest absolute Gasteiger partial charge is 0.389 e. The zero-order chi connectivity index (χ0) is 14.9. The van der Waals surface area contributed by atoms with E-state index in [0.29, 0.717) is 15.7 Å². The van der Waals surface area contributed by atoms with Crippen LogP contribution in [0.25, 0.3) is 0 Å². The SMILES string of the molecule is NC(=S)c1ccc(Nc2c(F)cc(Br)cc2F)c(Cl)c1. The fraction of sp³-hybridized carbons (Fsp3) is 0. The van der Waals surface area contributed by atoms with Gasteiger partial charge in [-0.3, -0.25) is 0 Å². The Morgan fingerprint density at radius 2 is 1.80 bits per heavy atom. The molecule has 0 heterocycles. The lowest BCUT2D eigenvalue weighted by Crippen LogP contribution is -2.09. The van der Waals surface area contributed by atoms with Crippen LogP contribution in [0.15, 0.2) is 34.8 Å². The third kappa shape index (κ3) is 3.26. The van der Waals surface area contributed by atoms with Crippen LogP contribution in [0, 0.1) is 11.6 Å². The predicted octanol–water partition coefficient (Wildman–Crippen LogP) is 4.76. The van der Waals surface area contributed by atoms with Crippen LogP contribution in [0.4, 0.5) is 20.2 Å². The molecule has 0 bridgehead atoms. The Morgan fingerprint density at radius 3 is 2.30 bits per heavy atom. The average Bonchev–Trinajstić information content (AvgIpc) is 2.34. The number of thiocarbonyl (C=S) groups is 1. The number of halogens is 4. The first kappa shape index (κ1) is 15.2. The zero-order valence-corrected chi connectivity index (χ0v) is 13.0. The van der Waals surface area contributed by atoms with Crippen molar-refractivity contribution in [3.63, 3.8) is 0 Å². The first-order valence-electron chi connectivity index (χ1n) is 5.39. The molecule has 2 aromatic carbocycles. The van der Waals surface area contributed by atoms with Crippen molar-refractivity contribution in [3.05, 3.63) is 57.0 Å². The van der Waals surface area contributed by atoms with Crippen molar-refractivity contribution in [1.82, 2.24) is 0 Å². The van der Waals surface area contributed by atoms with Gasteiger partial charge in [-0.15, -0.1) is 0 Å². The van der Waals surface area contributed by atoms with Gasteiger partial charge in [0.1, 0.15) is 10.7 Å². The van der Waals surface area contributed by atoms with Crippen molar-refractivity contribution in [1.29, 1.82) is 0 Å². The maximum absolute atomic E-state index is 13.7. The molecule has 2 rings (SSSR count). The Labute approximate surface area is 133 Å². The lowest BCUT2D eigenvalue weighted by atomic mass is 10.2. The minimum absolute atomic E-state index is 0.194. The highest BCUT2D eigenvalue weighted by molar-refractivity contribution is 9.10. The highest BCUT2D eigenvalue weighted by Crippen LogP contribution is 2.30. The van der Waals surface area contributed by atoms with E-state index in [-0.39, 0.29) is 15.7 Å². The van der Waals surface area contributed by atoms with Gasteiger partial charge in [-0.05, 0) is 30.3 Å². The van der Waals surface area contributed by atoms with E-state index in [0.717, 1.165) is 12.1 Å². The summed E-state index contributed by atoms with van der Waals surface area (Å²) >= 11 is 13.9. The summed E-state index contributed by atoms with van der Waals surface area (Å²) in [5.74, 6) is -1.46. The standard InChI is InChI=1S/C13H8BrClF2N2S/c14-7-4-9(16)12(10(17)5-7)19-11-2-1-6(13(18)20)3-8(11)15/h1-5,19H,(H2,18,20). The quantitative estimate of drug-likeness (QED) is 0.758. The number of hydrogen-bond donors (Lipinski definition) is 2. The third-order valence-corrected chi connectivity index (χ3v) is 3.53. The summed E-state index contributed by atoms with van der Waals surface area (Å²) in [7, 11) is 0. The summed E-state index contributed by atoms with van der Waals surface area (Å²) in [4.78, 5) is 0.194. The minimum Gasteiger partial charge on any atom is -0.389 e. The molecule has 0 saturated carbocycles. The summed E-state index contributed by atoms with van der Waals surface area (Å²) in [6.07, 6.45) is 0. The Hall–Kier alpha value is -1.24. The van der Waals surface area contributed by atoms with Gasteiger partial charge in [-0.25, -0.2) is 8.78 Å². The maximum Gasteiger partial charge on any atom is 0.150 e. The highest BCUT2D eigenvalue weighted by Gasteiger charge is 2.12. The fourth-order valence-corrected chi connectivity index (χ4v) is 2.32. The van der Waals surface area contributed by atoms with E-state index < -0.39 is 11.6 Å². The van der Waals surface area contributed by atoms with Crippen LogP contribution in [0.1, 0.15) is 5.56 Å². The Balaban J connectivity index is 2.38. The number of anilines is 2. The van der Waals surface area contributed by atoms with Crippen LogP contribution in [0.3, 0.4) is 0 Å². The molecule has 0 aliphatic rings. The molecule has 7 heteroatoms.